The van der Waals surface area contributed by atoms with Gasteiger partial charge in [-0.1, -0.05) is 0 Å². The molecular formula is C17H30IN5O. The largest absolute Gasteiger partial charge is 0.379 e. The van der Waals surface area contributed by atoms with Crippen molar-refractivity contribution in [3.63, 3.8) is 0 Å². The number of guanidine groups is 1. The van der Waals surface area contributed by atoms with Crippen LogP contribution in [0.25, 0.3) is 0 Å². The number of aryl methyl sites for hydroxylation is 1. The van der Waals surface area contributed by atoms with E-state index in [-0.39, 0.29) is 24.0 Å². The number of likely N-dealkylation sites (tertiary alicyclic amines) is 1. The molecular weight excluding hydrogens is 417 g/mol. The van der Waals surface area contributed by atoms with Gasteiger partial charge in [-0.15, -0.1) is 24.0 Å². The Morgan fingerprint density at radius 3 is 2.88 bits per heavy atom. The van der Waals surface area contributed by atoms with Crippen molar-refractivity contribution in [2.75, 3.05) is 39.9 Å². The number of rotatable bonds is 7. The van der Waals surface area contributed by atoms with E-state index in [1.54, 1.807) is 0 Å². The Hall–Kier alpha value is -0.830. The summed E-state index contributed by atoms with van der Waals surface area (Å²) in [7, 11) is 3.84. The maximum absolute atomic E-state index is 5.67. The molecule has 1 atom stereocenters. The van der Waals surface area contributed by atoms with E-state index < -0.39 is 0 Å². The fraction of sp³-hybridized carbons (Fsp3) is 0.765. The summed E-state index contributed by atoms with van der Waals surface area (Å²) >= 11 is 0. The van der Waals surface area contributed by atoms with Gasteiger partial charge in [-0.3, -0.25) is 9.67 Å². The number of aliphatic imine (C=N–C) groups is 1. The van der Waals surface area contributed by atoms with Gasteiger partial charge < -0.3 is 15.0 Å². The van der Waals surface area contributed by atoms with Crippen molar-refractivity contribution in [1.29, 1.82) is 0 Å². The summed E-state index contributed by atoms with van der Waals surface area (Å²) < 4.78 is 7.55. The van der Waals surface area contributed by atoms with Gasteiger partial charge in [0.2, 0.25) is 0 Å². The molecule has 2 fully saturated rings. The van der Waals surface area contributed by atoms with E-state index in [4.69, 9.17) is 4.74 Å². The van der Waals surface area contributed by atoms with Gasteiger partial charge >= 0.3 is 0 Å². The van der Waals surface area contributed by atoms with Crippen molar-refractivity contribution in [3.8, 4) is 0 Å². The molecule has 0 spiro atoms. The monoisotopic (exact) mass is 447 g/mol. The lowest BCUT2D eigenvalue weighted by molar-refractivity contribution is 0.128. The van der Waals surface area contributed by atoms with Crippen molar-refractivity contribution < 1.29 is 4.74 Å². The van der Waals surface area contributed by atoms with Crippen LogP contribution in [0.15, 0.2) is 17.4 Å². The minimum absolute atomic E-state index is 0. The summed E-state index contributed by atoms with van der Waals surface area (Å²) in [6, 6.07) is 0. The van der Waals surface area contributed by atoms with Crippen LogP contribution in [0.4, 0.5) is 0 Å². The van der Waals surface area contributed by atoms with Crippen molar-refractivity contribution >= 4 is 29.9 Å². The van der Waals surface area contributed by atoms with Crippen LogP contribution >= 0.6 is 24.0 Å². The zero-order chi connectivity index (χ0) is 16.1. The Morgan fingerprint density at radius 1 is 1.38 bits per heavy atom. The van der Waals surface area contributed by atoms with Crippen molar-refractivity contribution in [2.24, 2.45) is 23.9 Å². The predicted molar refractivity (Wildman–Crippen MR) is 107 cm³/mol. The Balaban J connectivity index is 0.00000208. The lowest BCUT2D eigenvalue weighted by atomic mass is 10.0. The van der Waals surface area contributed by atoms with E-state index in [9.17, 15) is 0 Å². The first-order chi connectivity index (χ1) is 11.2. The number of aromatic nitrogens is 2. The molecule has 1 aliphatic heterocycles. The highest BCUT2D eigenvalue weighted by atomic mass is 127. The lowest BCUT2D eigenvalue weighted by Crippen LogP contribution is -2.41. The average molecular weight is 447 g/mol. The number of halogens is 1. The van der Waals surface area contributed by atoms with Gasteiger partial charge in [0, 0.05) is 46.5 Å². The van der Waals surface area contributed by atoms with Crippen LogP contribution in [-0.4, -0.2) is 60.5 Å². The molecule has 1 unspecified atom stereocenters. The summed E-state index contributed by atoms with van der Waals surface area (Å²) in [6.45, 7) is 4.67. The molecule has 0 amide bonds. The van der Waals surface area contributed by atoms with Crippen LogP contribution in [0.3, 0.4) is 0 Å². The molecule has 1 saturated heterocycles. The summed E-state index contributed by atoms with van der Waals surface area (Å²) in [5.41, 5.74) is 1.33. The molecule has 1 aliphatic carbocycles. The lowest BCUT2D eigenvalue weighted by Gasteiger charge is -2.21. The third-order valence-electron chi connectivity index (χ3n) is 4.66. The highest BCUT2D eigenvalue weighted by molar-refractivity contribution is 14.0. The van der Waals surface area contributed by atoms with Crippen molar-refractivity contribution in [3.05, 3.63) is 18.0 Å². The second-order valence-corrected chi connectivity index (χ2v) is 6.82. The van der Waals surface area contributed by atoms with Gasteiger partial charge in [0.15, 0.2) is 5.96 Å². The highest BCUT2D eigenvalue weighted by Crippen LogP contribution is 2.28. The molecule has 24 heavy (non-hydrogen) atoms. The molecule has 0 aromatic carbocycles. The number of nitrogens with one attached hydrogen (secondary N) is 1. The van der Waals surface area contributed by atoms with Gasteiger partial charge in [0.05, 0.1) is 12.8 Å². The zero-order valence-electron chi connectivity index (χ0n) is 14.8. The van der Waals surface area contributed by atoms with Crippen LogP contribution in [0.1, 0.15) is 24.8 Å². The van der Waals surface area contributed by atoms with Gasteiger partial charge in [-0.05, 0) is 43.1 Å². The van der Waals surface area contributed by atoms with Crippen LogP contribution < -0.4 is 5.32 Å². The van der Waals surface area contributed by atoms with Gasteiger partial charge in [0.25, 0.3) is 0 Å². The summed E-state index contributed by atoms with van der Waals surface area (Å²) in [5, 5.41) is 7.69. The normalized spacial score (nSPS) is 21.0. The van der Waals surface area contributed by atoms with Gasteiger partial charge in [-0.2, -0.15) is 5.10 Å². The van der Waals surface area contributed by atoms with E-state index in [0.29, 0.717) is 5.92 Å². The molecule has 0 bridgehead atoms. The molecule has 7 heteroatoms. The third-order valence-corrected chi connectivity index (χ3v) is 4.66. The first-order valence-electron chi connectivity index (χ1n) is 8.75. The van der Waals surface area contributed by atoms with E-state index in [1.807, 2.05) is 25.0 Å². The minimum Gasteiger partial charge on any atom is -0.379 e. The topological polar surface area (TPSA) is 54.7 Å². The second kappa shape index (κ2) is 9.60. The standard InChI is InChI=1S/C17H29N5O.HI/c1-18-17(19-6-8-23-13-14-3-4-14)22-7-5-15(12-22)9-16-10-20-21(2)11-16;/h10-11,14-15H,3-9,12-13H2,1-2H3,(H,18,19);1H. The first kappa shape index (κ1) is 19.5. The number of ether oxygens (including phenoxy) is 1. The quantitative estimate of drug-likeness (QED) is 0.300. The van der Waals surface area contributed by atoms with E-state index in [0.717, 1.165) is 51.1 Å². The van der Waals surface area contributed by atoms with E-state index >= 15 is 0 Å². The smallest absolute Gasteiger partial charge is 0.193 e. The maximum Gasteiger partial charge on any atom is 0.193 e. The molecule has 136 valence electrons. The second-order valence-electron chi connectivity index (χ2n) is 6.82. The minimum atomic E-state index is 0. The Kier molecular flexibility index (Phi) is 7.80. The molecule has 3 rings (SSSR count). The molecule has 1 saturated carbocycles. The fourth-order valence-corrected chi connectivity index (χ4v) is 3.20. The zero-order valence-corrected chi connectivity index (χ0v) is 17.1. The van der Waals surface area contributed by atoms with Gasteiger partial charge in [-0.25, -0.2) is 0 Å². The maximum atomic E-state index is 5.67. The summed E-state index contributed by atoms with van der Waals surface area (Å²) in [4.78, 5) is 6.78. The Morgan fingerprint density at radius 2 is 2.21 bits per heavy atom. The molecule has 1 aromatic heterocycles. The third kappa shape index (κ3) is 5.91. The molecule has 1 N–H and O–H groups in total. The number of nitrogens with zero attached hydrogens (tertiary/aromatic N) is 4. The van der Waals surface area contributed by atoms with E-state index in [1.165, 1.54) is 24.8 Å². The molecule has 2 heterocycles. The fourth-order valence-electron chi connectivity index (χ4n) is 3.20. The van der Waals surface area contributed by atoms with Crippen LogP contribution in [0.2, 0.25) is 0 Å². The Bertz CT molecular complexity index is 529. The average Bonchev–Trinajstić information content (AvgIpc) is 3.11. The van der Waals surface area contributed by atoms with E-state index in [2.05, 4.69) is 26.5 Å². The molecule has 1 aromatic rings. The molecule has 2 aliphatic rings. The SMILES string of the molecule is CN=C(NCCOCC1CC1)N1CCC(Cc2cnn(C)c2)C1.I. The highest BCUT2D eigenvalue weighted by Gasteiger charge is 2.25. The van der Waals surface area contributed by atoms with Gasteiger partial charge in [0.1, 0.15) is 0 Å². The summed E-state index contributed by atoms with van der Waals surface area (Å²) in [5.74, 6) is 2.53. The Labute approximate surface area is 162 Å². The van der Waals surface area contributed by atoms with Crippen LogP contribution in [-0.2, 0) is 18.2 Å². The van der Waals surface area contributed by atoms with Crippen LogP contribution in [0, 0.1) is 11.8 Å². The number of hydrogen-bond acceptors (Lipinski definition) is 3. The van der Waals surface area contributed by atoms with Crippen molar-refractivity contribution in [1.82, 2.24) is 20.0 Å². The first-order valence-corrected chi connectivity index (χ1v) is 8.75. The van der Waals surface area contributed by atoms with Crippen molar-refractivity contribution in [2.45, 2.75) is 25.7 Å². The molecule has 0 radical (unpaired) electrons. The predicted octanol–water partition coefficient (Wildman–Crippen LogP) is 1.90. The molecule has 6 nitrogen and oxygen atoms in total. The number of hydrogen-bond donors (Lipinski definition) is 1. The van der Waals surface area contributed by atoms with Crippen LogP contribution in [0.5, 0.6) is 0 Å². The summed E-state index contributed by atoms with van der Waals surface area (Å²) in [6.07, 6.45) is 9.11.